The van der Waals surface area contributed by atoms with Crippen LogP contribution in [0.25, 0.3) is 0 Å². The zero-order chi connectivity index (χ0) is 17.9. The molecule has 0 aliphatic rings. The van der Waals surface area contributed by atoms with E-state index in [0.29, 0.717) is 0 Å². The number of carbonyl (C=O) groups is 2. The number of ether oxygens (including phenoxy) is 1. The van der Waals surface area contributed by atoms with E-state index in [4.69, 9.17) is 0 Å². The van der Waals surface area contributed by atoms with Crippen LogP contribution in [0.3, 0.4) is 0 Å². The molecular weight excluding hydrogens is 333 g/mol. The molecule has 1 aromatic carbocycles. The quantitative estimate of drug-likeness (QED) is 0.870. The third-order valence-electron chi connectivity index (χ3n) is 2.65. The predicted molar refractivity (Wildman–Crippen MR) is 73.3 cm³/mol. The van der Waals surface area contributed by atoms with E-state index in [2.05, 4.69) is 20.4 Å². The van der Waals surface area contributed by atoms with Crippen molar-refractivity contribution >= 4 is 23.5 Å². The van der Waals surface area contributed by atoms with Crippen LogP contribution in [0.2, 0.25) is 0 Å². The normalized spacial score (nSPS) is 11.0. The summed E-state index contributed by atoms with van der Waals surface area (Å²) in [4.78, 5) is 26.1. The Kier molecular flexibility index (Phi) is 4.62. The highest BCUT2D eigenvalue weighted by Gasteiger charge is 2.30. The number of imidazole rings is 1. The summed E-state index contributed by atoms with van der Waals surface area (Å²) in [6.45, 7) is 0. The highest BCUT2D eigenvalue weighted by molar-refractivity contribution is 5.99. The van der Waals surface area contributed by atoms with Gasteiger partial charge in [0.05, 0.1) is 0 Å². The SMILES string of the molecule is Cn1cc(NC(=O)Nc2ccc(OC(F)(F)F)cc2)nc1C(=O)[O-]. The molecule has 0 saturated carbocycles. The topological polar surface area (TPSA) is 108 Å². The van der Waals surface area contributed by atoms with E-state index in [9.17, 15) is 27.9 Å². The predicted octanol–water partition coefficient (Wildman–Crippen LogP) is 1.33. The van der Waals surface area contributed by atoms with Gasteiger partial charge in [0.2, 0.25) is 0 Å². The van der Waals surface area contributed by atoms with Crippen LogP contribution in [0.15, 0.2) is 30.5 Å². The molecule has 11 heteroatoms. The lowest BCUT2D eigenvalue weighted by Crippen LogP contribution is -2.25. The third kappa shape index (κ3) is 4.63. The molecule has 2 rings (SSSR count). The van der Waals surface area contributed by atoms with Crippen molar-refractivity contribution in [3.8, 4) is 5.75 Å². The van der Waals surface area contributed by atoms with Gasteiger partial charge in [-0.1, -0.05) is 0 Å². The minimum absolute atomic E-state index is 0.0359. The number of aromatic nitrogens is 2. The number of nitrogens with one attached hydrogen (secondary N) is 2. The van der Waals surface area contributed by atoms with E-state index in [1.807, 2.05) is 0 Å². The molecule has 2 amide bonds. The smallest absolute Gasteiger partial charge is 0.542 e. The second kappa shape index (κ2) is 6.48. The van der Waals surface area contributed by atoms with Gasteiger partial charge >= 0.3 is 12.4 Å². The number of nitrogens with zero attached hydrogens (tertiary/aromatic N) is 2. The number of rotatable bonds is 4. The zero-order valence-electron chi connectivity index (χ0n) is 12.0. The van der Waals surface area contributed by atoms with Crippen LogP contribution in [-0.4, -0.2) is 27.9 Å². The van der Waals surface area contributed by atoms with Gasteiger partial charge in [0.15, 0.2) is 11.6 Å². The summed E-state index contributed by atoms with van der Waals surface area (Å²) < 4.78 is 40.9. The lowest BCUT2D eigenvalue weighted by molar-refractivity contribution is -0.274. The molecule has 8 nitrogen and oxygen atoms in total. The van der Waals surface area contributed by atoms with Crippen molar-refractivity contribution in [3.05, 3.63) is 36.3 Å². The molecule has 2 aromatic rings. The van der Waals surface area contributed by atoms with Crippen LogP contribution in [0, 0.1) is 0 Å². The molecule has 0 aliphatic heterocycles. The standard InChI is InChI=1S/C13H11F3N4O4/c1-20-6-9(18-10(20)11(21)22)19-12(23)17-7-2-4-8(5-3-7)24-13(14,15)16/h2-6H,1H3,(H,21,22)(H2,17,19,23)/p-1. The lowest BCUT2D eigenvalue weighted by atomic mass is 10.3. The zero-order valence-corrected chi connectivity index (χ0v) is 12.0. The molecule has 0 saturated heterocycles. The number of benzene rings is 1. The molecular formula is C13H10F3N4O4-. The number of carboxylic acids is 1. The van der Waals surface area contributed by atoms with Crippen molar-refractivity contribution in [2.75, 3.05) is 10.6 Å². The molecule has 0 unspecified atom stereocenters. The second-order valence-corrected chi connectivity index (χ2v) is 4.50. The van der Waals surface area contributed by atoms with Crippen molar-refractivity contribution in [2.45, 2.75) is 6.36 Å². The van der Waals surface area contributed by atoms with Crippen LogP contribution in [0.1, 0.15) is 10.6 Å². The Hall–Kier alpha value is -3.24. The maximum absolute atomic E-state index is 12.0. The fraction of sp³-hybridized carbons (Fsp3) is 0.154. The van der Waals surface area contributed by atoms with Gasteiger partial charge in [-0.25, -0.2) is 9.78 Å². The fourth-order valence-corrected chi connectivity index (χ4v) is 1.73. The third-order valence-corrected chi connectivity index (χ3v) is 2.65. The number of halogens is 3. The number of hydrogen-bond acceptors (Lipinski definition) is 5. The first-order chi connectivity index (χ1) is 11.1. The Balaban J connectivity index is 1.97. The van der Waals surface area contributed by atoms with Gasteiger partial charge in [-0.05, 0) is 24.3 Å². The molecule has 0 aliphatic carbocycles. The molecule has 2 N–H and O–H groups in total. The van der Waals surface area contributed by atoms with Crippen LogP contribution in [0.4, 0.5) is 29.5 Å². The molecule has 0 atom stereocenters. The van der Waals surface area contributed by atoms with Crippen molar-refractivity contribution in [3.63, 3.8) is 0 Å². The monoisotopic (exact) mass is 343 g/mol. The van der Waals surface area contributed by atoms with Gasteiger partial charge in [0.1, 0.15) is 11.7 Å². The summed E-state index contributed by atoms with van der Waals surface area (Å²) in [5.74, 6) is -2.35. The number of anilines is 2. The van der Waals surface area contributed by atoms with Gasteiger partial charge in [-0.15, -0.1) is 13.2 Å². The van der Waals surface area contributed by atoms with Crippen molar-refractivity contribution in [1.82, 2.24) is 9.55 Å². The Morgan fingerprint density at radius 1 is 1.21 bits per heavy atom. The molecule has 0 fully saturated rings. The Morgan fingerprint density at radius 3 is 2.33 bits per heavy atom. The summed E-state index contributed by atoms with van der Waals surface area (Å²) in [5, 5.41) is 15.3. The number of aromatic carboxylic acids is 1. The summed E-state index contributed by atoms with van der Waals surface area (Å²) >= 11 is 0. The Bertz CT molecular complexity index is 756. The van der Waals surface area contributed by atoms with E-state index in [1.54, 1.807) is 0 Å². The van der Waals surface area contributed by atoms with Gasteiger partial charge < -0.3 is 24.5 Å². The maximum Gasteiger partial charge on any atom is 0.573 e. The average molecular weight is 343 g/mol. The van der Waals surface area contributed by atoms with Crippen LogP contribution >= 0.6 is 0 Å². The number of hydrogen-bond donors (Lipinski definition) is 2. The van der Waals surface area contributed by atoms with E-state index in [-0.39, 0.29) is 17.3 Å². The summed E-state index contributed by atoms with van der Waals surface area (Å²) in [7, 11) is 1.40. The number of urea groups is 1. The van der Waals surface area contributed by atoms with Crippen LogP contribution in [0.5, 0.6) is 5.75 Å². The molecule has 128 valence electrons. The van der Waals surface area contributed by atoms with Gasteiger partial charge in [0, 0.05) is 18.9 Å². The van der Waals surface area contributed by atoms with Crippen LogP contribution in [-0.2, 0) is 7.05 Å². The van der Waals surface area contributed by atoms with Crippen molar-refractivity contribution in [2.24, 2.45) is 7.05 Å². The van der Waals surface area contributed by atoms with Gasteiger partial charge in [0.25, 0.3) is 0 Å². The first-order valence-electron chi connectivity index (χ1n) is 6.32. The van der Waals surface area contributed by atoms with Gasteiger partial charge in [-0.2, -0.15) is 0 Å². The molecule has 1 aromatic heterocycles. The largest absolute Gasteiger partial charge is 0.573 e. The number of carboxylic acid groups (broad SMARTS) is 1. The summed E-state index contributed by atoms with van der Waals surface area (Å²) in [6, 6.07) is 3.69. The van der Waals surface area contributed by atoms with Crippen LogP contribution < -0.4 is 20.5 Å². The average Bonchev–Trinajstić information content (AvgIpc) is 2.80. The fourth-order valence-electron chi connectivity index (χ4n) is 1.73. The highest BCUT2D eigenvalue weighted by atomic mass is 19.4. The molecule has 0 radical (unpaired) electrons. The summed E-state index contributed by atoms with van der Waals surface area (Å²) in [6.07, 6.45) is -3.55. The molecule has 1 heterocycles. The highest BCUT2D eigenvalue weighted by Crippen LogP contribution is 2.24. The summed E-state index contributed by atoms with van der Waals surface area (Å²) in [5.41, 5.74) is 0.193. The first kappa shape index (κ1) is 17.1. The van der Waals surface area contributed by atoms with E-state index in [1.165, 1.54) is 25.4 Å². The first-order valence-corrected chi connectivity index (χ1v) is 6.32. The Labute approximate surface area is 132 Å². The number of amides is 2. The maximum atomic E-state index is 12.0. The minimum Gasteiger partial charge on any atom is -0.542 e. The van der Waals surface area contributed by atoms with Crippen molar-refractivity contribution < 1.29 is 32.6 Å². The van der Waals surface area contributed by atoms with E-state index < -0.39 is 24.1 Å². The number of carbonyl (C=O) groups excluding carboxylic acids is 2. The van der Waals surface area contributed by atoms with Crippen molar-refractivity contribution in [1.29, 1.82) is 0 Å². The number of alkyl halides is 3. The second-order valence-electron chi connectivity index (χ2n) is 4.50. The molecule has 24 heavy (non-hydrogen) atoms. The van der Waals surface area contributed by atoms with E-state index in [0.717, 1.165) is 16.7 Å². The van der Waals surface area contributed by atoms with Gasteiger partial charge in [-0.3, -0.25) is 5.32 Å². The molecule has 0 spiro atoms. The lowest BCUT2D eigenvalue weighted by Gasteiger charge is -2.10. The molecule has 0 bridgehead atoms. The Morgan fingerprint density at radius 2 is 1.83 bits per heavy atom. The minimum atomic E-state index is -4.80. The van der Waals surface area contributed by atoms with E-state index >= 15 is 0 Å². The number of aryl methyl sites for hydroxylation is 1.